The van der Waals surface area contributed by atoms with Crippen molar-refractivity contribution in [2.75, 3.05) is 39.5 Å². The van der Waals surface area contributed by atoms with E-state index in [4.69, 9.17) is 0 Å². The van der Waals surface area contributed by atoms with E-state index in [1.54, 1.807) is 16.7 Å². The maximum Gasteiger partial charge on any atom is 0.239 e. The molecule has 0 aliphatic carbocycles. The SMILES string of the molecule is Cc1cccc([C@@H]2SCC(=O)N2CC(=O)NCC[NH+](C)C)c1. The van der Waals surface area contributed by atoms with Gasteiger partial charge in [-0.15, -0.1) is 11.8 Å². The molecule has 0 aromatic heterocycles. The van der Waals surface area contributed by atoms with E-state index in [0.29, 0.717) is 12.3 Å². The zero-order valence-electron chi connectivity index (χ0n) is 13.4. The molecular formula is C16H24N3O2S+. The number of benzene rings is 1. The van der Waals surface area contributed by atoms with Crippen LogP contribution in [0.3, 0.4) is 0 Å². The van der Waals surface area contributed by atoms with Gasteiger partial charge in [-0.1, -0.05) is 29.8 Å². The topological polar surface area (TPSA) is 53.9 Å². The molecule has 6 heteroatoms. The molecular weight excluding hydrogens is 298 g/mol. The number of carbonyl (C=O) groups is 2. The molecule has 0 unspecified atom stereocenters. The van der Waals surface area contributed by atoms with Gasteiger partial charge in [-0.3, -0.25) is 9.59 Å². The van der Waals surface area contributed by atoms with Crippen molar-refractivity contribution < 1.29 is 14.5 Å². The highest BCUT2D eigenvalue weighted by atomic mass is 32.2. The molecule has 1 aliphatic heterocycles. The van der Waals surface area contributed by atoms with Gasteiger partial charge in [0.15, 0.2) is 0 Å². The van der Waals surface area contributed by atoms with Gasteiger partial charge in [0, 0.05) is 0 Å². The van der Waals surface area contributed by atoms with Gasteiger partial charge in [0.25, 0.3) is 0 Å². The first-order valence-electron chi connectivity index (χ1n) is 7.50. The average molecular weight is 322 g/mol. The van der Waals surface area contributed by atoms with Crippen molar-refractivity contribution in [1.82, 2.24) is 10.2 Å². The molecule has 120 valence electrons. The Hall–Kier alpha value is -1.53. The molecule has 2 rings (SSSR count). The van der Waals surface area contributed by atoms with Crippen molar-refractivity contribution >= 4 is 23.6 Å². The summed E-state index contributed by atoms with van der Waals surface area (Å²) in [6.07, 6.45) is 0. The molecule has 0 spiro atoms. The van der Waals surface area contributed by atoms with Crippen LogP contribution in [-0.2, 0) is 9.59 Å². The number of aryl methyl sites for hydroxylation is 1. The summed E-state index contributed by atoms with van der Waals surface area (Å²) in [5.41, 5.74) is 2.25. The molecule has 0 bridgehead atoms. The fraction of sp³-hybridized carbons (Fsp3) is 0.500. The van der Waals surface area contributed by atoms with Gasteiger partial charge < -0.3 is 15.1 Å². The summed E-state index contributed by atoms with van der Waals surface area (Å²) in [6.45, 7) is 3.67. The lowest BCUT2D eigenvalue weighted by molar-refractivity contribution is -0.856. The van der Waals surface area contributed by atoms with Crippen molar-refractivity contribution in [2.45, 2.75) is 12.3 Å². The number of thioether (sulfide) groups is 1. The first kappa shape index (κ1) is 16.8. The Kier molecular flexibility index (Phi) is 5.85. The first-order valence-corrected chi connectivity index (χ1v) is 8.55. The monoisotopic (exact) mass is 322 g/mol. The van der Waals surface area contributed by atoms with E-state index in [0.717, 1.165) is 17.7 Å². The average Bonchev–Trinajstić information content (AvgIpc) is 2.80. The molecule has 1 heterocycles. The summed E-state index contributed by atoms with van der Waals surface area (Å²) in [4.78, 5) is 27.1. The number of quaternary nitrogens is 1. The Morgan fingerprint density at radius 3 is 2.91 bits per heavy atom. The van der Waals surface area contributed by atoms with Crippen LogP contribution in [0.4, 0.5) is 0 Å². The molecule has 0 saturated carbocycles. The maximum atomic E-state index is 12.1. The van der Waals surface area contributed by atoms with Crippen LogP contribution in [0.25, 0.3) is 0 Å². The Labute approximate surface area is 136 Å². The van der Waals surface area contributed by atoms with Gasteiger partial charge in [0.05, 0.1) is 32.9 Å². The van der Waals surface area contributed by atoms with E-state index >= 15 is 0 Å². The van der Waals surface area contributed by atoms with Crippen LogP contribution in [0.5, 0.6) is 0 Å². The van der Waals surface area contributed by atoms with Crippen LogP contribution in [0.2, 0.25) is 0 Å². The number of hydrogen-bond donors (Lipinski definition) is 2. The summed E-state index contributed by atoms with van der Waals surface area (Å²) in [5.74, 6) is 0.382. The third-order valence-corrected chi connectivity index (χ3v) is 4.81. The fourth-order valence-corrected chi connectivity index (χ4v) is 3.56. The van der Waals surface area contributed by atoms with Gasteiger partial charge in [-0.2, -0.15) is 0 Å². The van der Waals surface area contributed by atoms with Crippen molar-refractivity contribution in [2.24, 2.45) is 0 Å². The summed E-state index contributed by atoms with van der Waals surface area (Å²) in [6, 6.07) is 8.12. The van der Waals surface area contributed by atoms with Crippen LogP contribution < -0.4 is 10.2 Å². The Morgan fingerprint density at radius 2 is 2.23 bits per heavy atom. The highest BCUT2D eigenvalue weighted by Crippen LogP contribution is 2.38. The Bertz CT molecular complexity index is 548. The van der Waals surface area contributed by atoms with Crippen LogP contribution >= 0.6 is 11.8 Å². The molecule has 1 saturated heterocycles. The van der Waals surface area contributed by atoms with Crippen LogP contribution in [0, 0.1) is 6.92 Å². The molecule has 2 N–H and O–H groups in total. The van der Waals surface area contributed by atoms with Crippen molar-refractivity contribution in [3.63, 3.8) is 0 Å². The maximum absolute atomic E-state index is 12.1. The fourth-order valence-electron chi connectivity index (χ4n) is 2.39. The smallest absolute Gasteiger partial charge is 0.239 e. The van der Waals surface area contributed by atoms with Gasteiger partial charge in [-0.25, -0.2) is 0 Å². The van der Waals surface area contributed by atoms with Gasteiger partial charge >= 0.3 is 0 Å². The molecule has 1 aromatic rings. The summed E-state index contributed by atoms with van der Waals surface area (Å²) in [7, 11) is 4.08. The lowest BCUT2D eigenvalue weighted by Crippen LogP contribution is -3.06. The van der Waals surface area contributed by atoms with E-state index in [2.05, 4.69) is 11.4 Å². The molecule has 1 fully saturated rings. The number of hydrogen-bond acceptors (Lipinski definition) is 3. The predicted molar refractivity (Wildman–Crippen MR) is 88.8 cm³/mol. The normalized spacial score (nSPS) is 18.1. The molecule has 0 radical (unpaired) electrons. The summed E-state index contributed by atoms with van der Waals surface area (Å²) < 4.78 is 0. The van der Waals surface area contributed by atoms with E-state index in [1.165, 1.54) is 4.90 Å². The molecule has 1 aliphatic rings. The second-order valence-electron chi connectivity index (χ2n) is 5.91. The van der Waals surface area contributed by atoms with Crippen molar-refractivity contribution in [3.05, 3.63) is 35.4 Å². The van der Waals surface area contributed by atoms with Crippen molar-refractivity contribution in [1.29, 1.82) is 0 Å². The van der Waals surface area contributed by atoms with Crippen molar-refractivity contribution in [3.8, 4) is 0 Å². The number of carbonyl (C=O) groups excluding carboxylic acids is 2. The minimum Gasteiger partial charge on any atom is -0.349 e. The third kappa shape index (κ3) is 4.48. The van der Waals surface area contributed by atoms with Crippen LogP contribution in [0.15, 0.2) is 24.3 Å². The van der Waals surface area contributed by atoms with Gasteiger partial charge in [0.1, 0.15) is 11.9 Å². The standard InChI is InChI=1S/C16H23N3O2S/c1-12-5-4-6-13(9-12)16-19(15(21)11-22-16)10-14(20)17-7-8-18(2)3/h4-6,9,16H,7-8,10-11H2,1-3H3,(H,17,20)/p+1/t16-/m0/s1. The Balaban J connectivity index is 1.98. The number of nitrogens with one attached hydrogen (secondary N) is 2. The van der Waals surface area contributed by atoms with E-state index in [1.807, 2.05) is 39.2 Å². The molecule has 1 aromatic carbocycles. The number of rotatable bonds is 6. The Morgan fingerprint density at radius 1 is 1.45 bits per heavy atom. The number of likely N-dealkylation sites (N-methyl/N-ethyl adjacent to an activating group) is 1. The minimum atomic E-state index is -0.0882. The van der Waals surface area contributed by atoms with Gasteiger partial charge in [-0.05, 0) is 12.5 Å². The molecule has 2 amide bonds. The second kappa shape index (κ2) is 7.65. The van der Waals surface area contributed by atoms with Crippen LogP contribution in [0.1, 0.15) is 16.5 Å². The highest BCUT2D eigenvalue weighted by Gasteiger charge is 2.34. The summed E-state index contributed by atoms with van der Waals surface area (Å²) >= 11 is 1.58. The number of nitrogens with zero attached hydrogens (tertiary/aromatic N) is 1. The molecule has 1 atom stereocenters. The van der Waals surface area contributed by atoms with E-state index in [-0.39, 0.29) is 23.7 Å². The minimum absolute atomic E-state index is 0.0323. The highest BCUT2D eigenvalue weighted by molar-refractivity contribution is 8.00. The predicted octanol–water partition coefficient (Wildman–Crippen LogP) is -0.170. The number of amides is 2. The molecule has 5 nitrogen and oxygen atoms in total. The lowest BCUT2D eigenvalue weighted by atomic mass is 10.1. The van der Waals surface area contributed by atoms with Gasteiger partial charge in [0.2, 0.25) is 11.8 Å². The largest absolute Gasteiger partial charge is 0.349 e. The third-order valence-electron chi connectivity index (χ3n) is 3.56. The lowest BCUT2D eigenvalue weighted by Gasteiger charge is -2.24. The second-order valence-corrected chi connectivity index (χ2v) is 6.97. The summed E-state index contributed by atoms with van der Waals surface area (Å²) in [5, 5.41) is 2.82. The van der Waals surface area contributed by atoms with E-state index in [9.17, 15) is 9.59 Å². The molecule has 22 heavy (non-hydrogen) atoms. The van der Waals surface area contributed by atoms with Crippen LogP contribution in [-0.4, -0.2) is 56.2 Å². The van der Waals surface area contributed by atoms with E-state index < -0.39 is 0 Å². The zero-order valence-corrected chi connectivity index (χ0v) is 14.2. The first-order chi connectivity index (χ1) is 10.5. The quantitative estimate of drug-likeness (QED) is 0.765. The zero-order chi connectivity index (χ0) is 16.1.